The van der Waals surface area contributed by atoms with Crippen LogP contribution in [0.4, 0.5) is 10.5 Å². The number of methoxy groups -OCH3 is 1. The lowest BCUT2D eigenvalue weighted by Gasteiger charge is -2.18. The van der Waals surface area contributed by atoms with Gasteiger partial charge in [-0.2, -0.15) is 0 Å². The van der Waals surface area contributed by atoms with Crippen LogP contribution < -0.4 is 29.7 Å². The van der Waals surface area contributed by atoms with Crippen LogP contribution in [0.2, 0.25) is 0 Å². The highest BCUT2D eigenvalue weighted by Crippen LogP contribution is 2.32. The van der Waals surface area contributed by atoms with E-state index in [1.165, 1.54) is 0 Å². The van der Waals surface area contributed by atoms with E-state index in [4.69, 9.17) is 14.2 Å². The summed E-state index contributed by atoms with van der Waals surface area (Å²) in [5.41, 5.74) is 1.69. The second kappa shape index (κ2) is 7.67. The summed E-state index contributed by atoms with van der Waals surface area (Å²) in [5, 5.41) is 5.67. The Balaban J connectivity index is 1.29. The third-order valence-electron chi connectivity index (χ3n) is 4.73. The van der Waals surface area contributed by atoms with Gasteiger partial charge in [-0.1, -0.05) is 6.07 Å². The molecule has 0 aliphatic carbocycles. The molecule has 2 N–H and O–H groups in total. The van der Waals surface area contributed by atoms with Gasteiger partial charge in [0.05, 0.1) is 13.2 Å². The summed E-state index contributed by atoms with van der Waals surface area (Å²) in [5.74, 6) is 2.09. The SMILES string of the molecule is COc1ccc(N2C[C@@H](NC(=O)NCc3ccc4c(c3)OCO4)CC2=O)cc1. The zero-order valence-electron chi connectivity index (χ0n) is 15.4. The van der Waals surface area contributed by atoms with E-state index in [2.05, 4.69) is 10.6 Å². The number of ether oxygens (including phenoxy) is 3. The van der Waals surface area contributed by atoms with Crippen molar-refractivity contribution >= 4 is 17.6 Å². The van der Waals surface area contributed by atoms with E-state index in [-0.39, 0.29) is 31.2 Å². The van der Waals surface area contributed by atoms with Gasteiger partial charge in [0.1, 0.15) is 5.75 Å². The van der Waals surface area contributed by atoms with Crippen molar-refractivity contribution in [2.24, 2.45) is 0 Å². The minimum absolute atomic E-state index is 0.0220. The quantitative estimate of drug-likeness (QED) is 0.825. The van der Waals surface area contributed by atoms with Crippen LogP contribution >= 0.6 is 0 Å². The summed E-state index contributed by atoms with van der Waals surface area (Å²) >= 11 is 0. The summed E-state index contributed by atoms with van der Waals surface area (Å²) in [6, 6.07) is 12.3. The highest BCUT2D eigenvalue weighted by Gasteiger charge is 2.31. The molecule has 8 nitrogen and oxygen atoms in total. The first-order valence-corrected chi connectivity index (χ1v) is 8.99. The maximum absolute atomic E-state index is 12.3. The zero-order valence-corrected chi connectivity index (χ0v) is 15.4. The van der Waals surface area contributed by atoms with Gasteiger partial charge in [-0.05, 0) is 42.0 Å². The van der Waals surface area contributed by atoms with Crippen LogP contribution in [0.1, 0.15) is 12.0 Å². The lowest BCUT2D eigenvalue weighted by atomic mass is 10.2. The summed E-state index contributed by atoms with van der Waals surface area (Å²) < 4.78 is 15.7. The monoisotopic (exact) mass is 383 g/mol. The van der Waals surface area contributed by atoms with Crippen LogP contribution in [-0.4, -0.2) is 38.4 Å². The average Bonchev–Trinajstić information content (AvgIpc) is 3.32. The van der Waals surface area contributed by atoms with E-state index in [0.29, 0.717) is 24.6 Å². The first kappa shape index (κ1) is 18.0. The summed E-state index contributed by atoms with van der Waals surface area (Å²) in [6.45, 7) is 1.00. The summed E-state index contributed by atoms with van der Waals surface area (Å²) in [7, 11) is 1.60. The van der Waals surface area contributed by atoms with Gasteiger partial charge in [0.2, 0.25) is 12.7 Å². The van der Waals surface area contributed by atoms with Gasteiger partial charge in [-0.3, -0.25) is 4.79 Å². The fourth-order valence-electron chi connectivity index (χ4n) is 3.29. The molecule has 1 saturated heterocycles. The topological polar surface area (TPSA) is 89.1 Å². The summed E-state index contributed by atoms with van der Waals surface area (Å²) in [4.78, 5) is 26.2. The predicted molar refractivity (Wildman–Crippen MR) is 102 cm³/mol. The molecule has 0 unspecified atom stereocenters. The van der Waals surface area contributed by atoms with Crippen LogP contribution in [-0.2, 0) is 11.3 Å². The molecule has 0 bridgehead atoms. The van der Waals surface area contributed by atoms with Crippen LogP contribution in [0, 0.1) is 0 Å². The van der Waals surface area contributed by atoms with E-state index in [0.717, 1.165) is 17.0 Å². The first-order chi connectivity index (χ1) is 13.6. The molecular formula is C20H21N3O5. The fourth-order valence-corrected chi connectivity index (χ4v) is 3.29. The number of hydrogen-bond acceptors (Lipinski definition) is 5. The molecule has 4 rings (SSSR count). The molecule has 146 valence electrons. The Kier molecular flexibility index (Phi) is 4.92. The highest BCUT2D eigenvalue weighted by molar-refractivity contribution is 5.96. The second-order valence-electron chi connectivity index (χ2n) is 6.62. The van der Waals surface area contributed by atoms with Crippen molar-refractivity contribution in [2.75, 3.05) is 25.3 Å². The van der Waals surface area contributed by atoms with Crippen molar-refractivity contribution < 1.29 is 23.8 Å². The van der Waals surface area contributed by atoms with Crippen molar-refractivity contribution in [3.8, 4) is 17.2 Å². The van der Waals surface area contributed by atoms with Gasteiger partial charge in [0.15, 0.2) is 11.5 Å². The Morgan fingerprint density at radius 1 is 1.18 bits per heavy atom. The predicted octanol–water partition coefficient (Wildman–Crippen LogP) is 2.03. The summed E-state index contributed by atoms with van der Waals surface area (Å²) in [6.07, 6.45) is 0.267. The maximum Gasteiger partial charge on any atom is 0.315 e. The molecule has 2 aromatic rings. The normalized spacial score (nSPS) is 17.5. The molecule has 0 radical (unpaired) electrons. The van der Waals surface area contributed by atoms with Gasteiger partial charge < -0.3 is 29.7 Å². The van der Waals surface area contributed by atoms with Crippen LogP contribution in [0.25, 0.3) is 0 Å². The molecule has 0 aromatic heterocycles. The zero-order chi connectivity index (χ0) is 19.5. The van der Waals surface area contributed by atoms with Crippen molar-refractivity contribution in [3.05, 3.63) is 48.0 Å². The Morgan fingerprint density at radius 3 is 2.75 bits per heavy atom. The maximum atomic E-state index is 12.3. The molecular weight excluding hydrogens is 362 g/mol. The van der Waals surface area contributed by atoms with Crippen LogP contribution in [0.15, 0.2) is 42.5 Å². The number of nitrogens with one attached hydrogen (secondary N) is 2. The molecule has 3 amide bonds. The molecule has 28 heavy (non-hydrogen) atoms. The third kappa shape index (κ3) is 3.80. The van der Waals surface area contributed by atoms with Crippen molar-refractivity contribution in [3.63, 3.8) is 0 Å². The molecule has 2 aromatic carbocycles. The van der Waals surface area contributed by atoms with Gasteiger partial charge in [-0.25, -0.2) is 4.79 Å². The van der Waals surface area contributed by atoms with Crippen molar-refractivity contribution in [2.45, 2.75) is 19.0 Å². The van der Waals surface area contributed by atoms with Gasteiger partial charge in [0, 0.05) is 25.2 Å². The Labute approximate surface area is 162 Å². The minimum Gasteiger partial charge on any atom is -0.497 e. The number of anilines is 1. The molecule has 0 spiro atoms. The van der Waals surface area contributed by atoms with E-state index in [1.54, 1.807) is 24.1 Å². The standard InChI is InChI=1S/C20H21N3O5/c1-26-16-5-3-15(4-6-16)23-11-14(9-19(23)24)22-20(25)21-10-13-2-7-17-18(8-13)28-12-27-17/h2-8,14H,9-12H2,1H3,(H2,21,22,25)/t14-/m0/s1. The molecule has 0 saturated carbocycles. The largest absolute Gasteiger partial charge is 0.497 e. The van der Waals surface area contributed by atoms with E-state index in [9.17, 15) is 9.59 Å². The molecule has 2 aliphatic rings. The number of amides is 3. The van der Waals surface area contributed by atoms with E-state index < -0.39 is 0 Å². The first-order valence-electron chi connectivity index (χ1n) is 8.99. The van der Waals surface area contributed by atoms with Gasteiger partial charge in [0.25, 0.3) is 0 Å². The van der Waals surface area contributed by atoms with E-state index >= 15 is 0 Å². The van der Waals surface area contributed by atoms with Crippen molar-refractivity contribution in [1.29, 1.82) is 0 Å². The van der Waals surface area contributed by atoms with Crippen molar-refractivity contribution in [1.82, 2.24) is 10.6 Å². The molecule has 2 heterocycles. The number of rotatable bonds is 5. The highest BCUT2D eigenvalue weighted by atomic mass is 16.7. The number of nitrogens with zero attached hydrogens (tertiary/aromatic N) is 1. The molecule has 1 atom stereocenters. The smallest absolute Gasteiger partial charge is 0.315 e. The molecule has 2 aliphatic heterocycles. The van der Waals surface area contributed by atoms with Crippen LogP contribution in [0.5, 0.6) is 17.2 Å². The number of hydrogen-bond donors (Lipinski definition) is 2. The number of fused-ring (bicyclic) bond motifs is 1. The van der Waals surface area contributed by atoms with Gasteiger partial charge >= 0.3 is 6.03 Å². The fraction of sp³-hybridized carbons (Fsp3) is 0.300. The minimum atomic E-state index is -0.313. The number of carbonyl (C=O) groups excluding carboxylic acids is 2. The number of urea groups is 1. The lowest BCUT2D eigenvalue weighted by molar-refractivity contribution is -0.117. The lowest BCUT2D eigenvalue weighted by Crippen LogP contribution is -2.43. The second-order valence-corrected chi connectivity index (χ2v) is 6.62. The van der Waals surface area contributed by atoms with E-state index in [1.807, 2.05) is 30.3 Å². The Bertz CT molecular complexity index is 884. The Hall–Kier alpha value is -3.42. The third-order valence-corrected chi connectivity index (χ3v) is 4.73. The van der Waals surface area contributed by atoms with Crippen LogP contribution in [0.3, 0.4) is 0 Å². The molecule has 8 heteroatoms. The number of carbonyl (C=O) groups is 2. The van der Waals surface area contributed by atoms with Gasteiger partial charge in [-0.15, -0.1) is 0 Å². The Morgan fingerprint density at radius 2 is 1.96 bits per heavy atom. The molecule has 1 fully saturated rings. The number of benzene rings is 2. The average molecular weight is 383 g/mol.